The Kier molecular flexibility index (Phi) is 4.83. The Bertz CT molecular complexity index is 714. The molecule has 1 aromatic heterocycles. The van der Waals surface area contributed by atoms with E-state index in [9.17, 15) is 8.42 Å². The van der Waals surface area contributed by atoms with E-state index in [1.807, 2.05) is 12.2 Å². The van der Waals surface area contributed by atoms with Gasteiger partial charge in [0.2, 0.25) is 0 Å². The minimum absolute atomic E-state index is 0.0278. The molecule has 1 heterocycles. The van der Waals surface area contributed by atoms with Crippen LogP contribution in [0.25, 0.3) is 0 Å². The standard InChI is InChI=1S/C12H17N7O2S/c13-11(18-19-14)10-9(17-8-4-2-1-3-5-8)6-7-16-12(10)22(15,20)21/h2,4,6-8H,1,3,5H2,(H,16,17)(H3,13,14,18)(H2,15,20,21). The first-order valence-corrected chi connectivity index (χ1v) is 8.14. The maximum absolute atomic E-state index is 11.7. The summed E-state index contributed by atoms with van der Waals surface area (Å²) in [5, 5.41) is 18.7. The molecular formula is C12H17N7O2S. The highest BCUT2D eigenvalue weighted by molar-refractivity contribution is 7.89. The molecule has 1 atom stereocenters. The molecular weight excluding hydrogens is 306 g/mol. The number of allylic oxidation sites excluding steroid dienone is 1. The highest BCUT2D eigenvalue weighted by Crippen LogP contribution is 2.24. The van der Waals surface area contributed by atoms with Crippen LogP contribution in [0.5, 0.6) is 0 Å². The summed E-state index contributed by atoms with van der Waals surface area (Å²) in [6.07, 6.45) is 8.28. The summed E-state index contributed by atoms with van der Waals surface area (Å²) in [6.45, 7) is 0. The summed E-state index contributed by atoms with van der Waals surface area (Å²) in [7, 11) is -4.11. The first-order valence-electron chi connectivity index (χ1n) is 6.60. The van der Waals surface area contributed by atoms with Crippen LogP contribution in [0.1, 0.15) is 24.8 Å². The molecule has 0 fully saturated rings. The quantitative estimate of drug-likeness (QED) is 0.180. The monoisotopic (exact) mass is 323 g/mol. The van der Waals surface area contributed by atoms with Crippen LogP contribution in [0.15, 0.2) is 34.7 Å². The zero-order chi connectivity index (χ0) is 16.2. The third kappa shape index (κ3) is 3.65. The normalized spacial score (nSPS) is 17.8. The van der Waals surface area contributed by atoms with Gasteiger partial charge in [-0.25, -0.2) is 24.0 Å². The lowest BCUT2D eigenvalue weighted by molar-refractivity contribution is 0.593. The molecule has 0 bridgehead atoms. The van der Waals surface area contributed by atoms with E-state index in [1.165, 1.54) is 6.20 Å². The molecule has 1 unspecified atom stereocenters. The third-order valence-electron chi connectivity index (χ3n) is 3.20. The fourth-order valence-corrected chi connectivity index (χ4v) is 2.97. The second-order valence-corrected chi connectivity index (χ2v) is 6.27. The number of hydrogen-bond donors (Lipinski definition) is 5. The summed E-state index contributed by atoms with van der Waals surface area (Å²) < 4.78 is 23.4. The van der Waals surface area contributed by atoms with E-state index in [0.717, 1.165) is 19.3 Å². The van der Waals surface area contributed by atoms with E-state index < -0.39 is 15.0 Å². The van der Waals surface area contributed by atoms with Crippen LogP contribution in [0.4, 0.5) is 5.69 Å². The van der Waals surface area contributed by atoms with Crippen LogP contribution in [0.2, 0.25) is 0 Å². The molecule has 0 amide bonds. The van der Waals surface area contributed by atoms with Gasteiger partial charge in [-0.05, 0) is 25.3 Å². The molecule has 1 aliphatic carbocycles. The van der Waals surface area contributed by atoms with E-state index >= 15 is 0 Å². The van der Waals surface area contributed by atoms with Crippen molar-refractivity contribution in [2.45, 2.75) is 30.3 Å². The molecule has 118 valence electrons. The summed E-state index contributed by atoms with van der Waals surface area (Å²) in [6, 6.07) is 1.59. The lowest BCUT2D eigenvalue weighted by Gasteiger charge is -2.22. The first kappa shape index (κ1) is 16.0. The molecule has 9 nitrogen and oxygen atoms in total. The molecule has 2 rings (SSSR count). The number of sulfonamides is 1. The second-order valence-electron chi connectivity index (χ2n) is 4.79. The smallest absolute Gasteiger partial charge is 0.256 e. The zero-order valence-corrected chi connectivity index (χ0v) is 12.5. The zero-order valence-electron chi connectivity index (χ0n) is 11.7. The lowest BCUT2D eigenvalue weighted by Crippen LogP contribution is -2.27. The van der Waals surface area contributed by atoms with E-state index in [0.29, 0.717) is 5.69 Å². The molecule has 0 aliphatic heterocycles. The van der Waals surface area contributed by atoms with Gasteiger partial charge >= 0.3 is 0 Å². The maximum Gasteiger partial charge on any atom is 0.256 e. The van der Waals surface area contributed by atoms with Crippen molar-refractivity contribution >= 4 is 21.5 Å². The number of hydrogen-bond acceptors (Lipinski definition) is 7. The Hall–Kier alpha value is -2.33. The molecule has 0 saturated carbocycles. The van der Waals surface area contributed by atoms with E-state index in [1.54, 1.807) is 6.07 Å². The number of nitrogens with zero attached hydrogens (tertiary/aromatic N) is 2. The lowest BCUT2D eigenvalue weighted by atomic mass is 10.0. The van der Waals surface area contributed by atoms with Crippen LogP contribution < -0.4 is 15.9 Å². The average Bonchev–Trinajstić information content (AvgIpc) is 2.47. The van der Waals surface area contributed by atoms with Crippen molar-refractivity contribution in [2.75, 3.05) is 5.32 Å². The summed E-state index contributed by atoms with van der Waals surface area (Å²) >= 11 is 0. The van der Waals surface area contributed by atoms with Crippen LogP contribution in [0.3, 0.4) is 0 Å². The maximum atomic E-state index is 11.7. The van der Waals surface area contributed by atoms with Gasteiger partial charge in [-0.3, -0.25) is 5.41 Å². The van der Waals surface area contributed by atoms with Gasteiger partial charge in [0.1, 0.15) is 0 Å². The first-order chi connectivity index (χ1) is 10.4. The van der Waals surface area contributed by atoms with Crippen LogP contribution in [0, 0.1) is 10.9 Å². The van der Waals surface area contributed by atoms with Gasteiger partial charge in [0.15, 0.2) is 10.9 Å². The fraction of sp³-hybridized carbons (Fsp3) is 0.333. The number of aromatic nitrogens is 1. The minimum Gasteiger partial charge on any atom is -0.378 e. The van der Waals surface area contributed by atoms with Crippen molar-refractivity contribution in [2.24, 2.45) is 10.4 Å². The van der Waals surface area contributed by atoms with Crippen molar-refractivity contribution in [1.29, 1.82) is 10.9 Å². The molecule has 0 aromatic carbocycles. The van der Waals surface area contributed by atoms with Crippen LogP contribution in [-0.4, -0.2) is 25.3 Å². The van der Waals surface area contributed by atoms with Crippen LogP contribution in [-0.2, 0) is 10.0 Å². The molecule has 0 saturated heterocycles. The van der Waals surface area contributed by atoms with Gasteiger partial charge in [-0.2, -0.15) is 5.53 Å². The SMILES string of the molecule is N=NNC(=N)c1c(NC2C=CCCC2)ccnc1S(N)(=O)=O. The van der Waals surface area contributed by atoms with Gasteiger partial charge in [0, 0.05) is 12.2 Å². The average molecular weight is 323 g/mol. The molecule has 0 spiro atoms. The molecule has 1 aromatic rings. The summed E-state index contributed by atoms with van der Waals surface area (Å²) in [5.41, 5.74) is 9.25. The van der Waals surface area contributed by atoms with Crippen molar-refractivity contribution in [3.8, 4) is 0 Å². The number of nitrogens with one attached hydrogen (secondary N) is 4. The molecule has 10 heteroatoms. The Morgan fingerprint density at radius 3 is 2.86 bits per heavy atom. The predicted octanol–water partition coefficient (Wildman–Crippen LogP) is 1.11. The number of pyridine rings is 1. The molecule has 1 aliphatic rings. The number of rotatable bonds is 5. The Morgan fingerprint density at radius 1 is 1.50 bits per heavy atom. The topological polar surface area (TPSA) is 157 Å². The van der Waals surface area contributed by atoms with E-state index in [2.05, 4.69) is 20.9 Å². The number of amidine groups is 1. The Morgan fingerprint density at radius 2 is 2.27 bits per heavy atom. The van der Waals surface area contributed by atoms with Gasteiger partial charge in [0.25, 0.3) is 10.0 Å². The van der Waals surface area contributed by atoms with Crippen molar-refractivity contribution in [3.05, 3.63) is 30.0 Å². The van der Waals surface area contributed by atoms with Gasteiger partial charge in [-0.15, -0.1) is 0 Å². The van der Waals surface area contributed by atoms with Crippen molar-refractivity contribution < 1.29 is 8.42 Å². The van der Waals surface area contributed by atoms with Gasteiger partial charge in [-0.1, -0.05) is 17.4 Å². The third-order valence-corrected chi connectivity index (χ3v) is 4.05. The summed E-state index contributed by atoms with van der Waals surface area (Å²) in [4.78, 5) is 3.75. The highest BCUT2D eigenvalue weighted by atomic mass is 32.2. The number of primary sulfonamides is 1. The van der Waals surface area contributed by atoms with E-state index in [-0.39, 0.29) is 17.4 Å². The molecule has 22 heavy (non-hydrogen) atoms. The van der Waals surface area contributed by atoms with Crippen LogP contribution >= 0.6 is 0 Å². The van der Waals surface area contributed by atoms with Gasteiger partial charge < -0.3 is 5.32 Å². The number of nitrogens with two attached hydrogens (primary N) is 1. The Labute approximate surface area is 128 Å². The predicted molar refractivity (Wildman–Crippen MR) is 81.1 cm³/mol. The largest absolute Gasteiger partial charge is 0.378 e. The number of anilines is 1. The highest BCUT2D eigenvalue weighted by Gasteiger charge is 2.23. The van der Waals surface area contributed by atoms with Gasteiger partial charge in [0.05, 0.1) is 11.3 Å². The van der Waals surface area contributed by atoms with E-state index in [4.69, 9.17) is 16.1 Å². The van der Waals surface area contributed by atoms with Crippen molar-refractivity contribution in [1.82, 2.24) is 10.4 Å². The minimum atomic E-state index is -4.11. The van der Waals surface area contributed by atoms with Crippen molar-refractivity contribution in [3.63, 3.8) is 0 Å². The molecule has 6 N–H and O–H groups in total. The Balaban J connectivity index is 2.47. The fourth-order valence-electron chi connectivity index (χ4n) is 2.26. The second kappa shape index (κ2) is 6.62. The molecule has 0 radical (unpaired) electrons. The summed E-state index contributed by atoms with van der Waals surface area (Å²) in [5.74, 6) is -0.366.